The van der Waals surface area contributed by atoms with Crippen LogP contribution in [-0.4, -0.2) is 11.5 Å². The quantitative estimate of drug-likeness (QED) is 0.852. The number of nitrogens with zero attached hydrogens (tertiary/aromatic N) is 2. The summed E-state index contributed by atoms with van der Waals surface area (Å²) in [6.45, 7) is 9.86. The molecule has 1 aromatic rings. The van der Waals surface area contributed by atoms with Crippen LogP contribution < -0.4 is 5.32 Å². The van der Waals surface area contributed by atoms with Gasteiger partial charge in [0.25, 0.3) is 0 Å². The Hall–Kier alpha value is -1.08. The van der Waals surface area contributed by atoms with Crippen molar-refractivity contribution in [1.82, 2.24) is 4.98 Å². The monoisotopic (exact) mass is 237 g/mol. The Kier molecular flexibility index (Phi) is 4.31. The zero-order chi connectivity index (χ0) is 12.2. The molecule has 0 amide bonds. The average Bonchev–Trinajstić information content (AvgIpc) is 2.60. The first-order valence-corrected chi connectivity index (χ1v) is 6.34. The summed E-state index contributed by atoms with van der Waals surface area (Å²) < 4.78 is 0. The van der Waals surface area contributed by atoms with Gasteiger partial charge >= 0.3 is 0 Å². The molecule has 0 atom stereocenters. The summed E-state index contributed by atoms with van der Waals surface area (Å²) >= 11 is 1.41. The summed E-state index contributed by atoms with van der Waals surface area (Å²) in [6.07, 6.45) is 2.79. The molecule has 0 saturated carbocycles. The molecular formula is C12H19N3S. The van der Waals surface area contributed by atoms with Crippen molar-refractivity contribution in [3.63, 3.8) is 0 Å². The molecule has 0 aromatic carbocycles. The standard InChI is InChI=1S/C12H19N3S/c1-9(2)5-12(3,4)8-15-11-14-7-10(6-13)16-11/h7,9H,5,8H2,1-4H3,(H,14,15). The predicted octanol–water partition coefficient (Wildman–Crippen LogP) is 3.50. The Bertz CT molecular complexity index is 374. The largest absolute Gasteiger partial charge is 0.361 e. The molecule has 1 N–H and O–H groups in total. The van der Waals surface area contributed by atoms with E-state index in [1.807, 2.05) is 0 Å². The van der Waals surface area contributed by atoms with Gasteiger partial charge in [0.1, 0.15) is 10.9 Å². The molecule has 0 fully saturated rings. The number of nitrogens with one attached hydrogen (secondary N) is 1. The summed E-state index contributed by atoms with van der Waals surface area (Å²) in [5.41, 5.74) is 0.257. The maximum Gasteiger partial charge on any atom is 0.183 e. The molecule has 0 aliphatic heterocycles. The van der Waals surface area contributed by atoms with Gasteiger partial charge in [-0.25, -0.2) is 4.98 Å². The Morgan fingerprint density at radius 2 is 2.25 bits per heavy atom. The van der Waals surface area contributed by atoms with Gasteiger partial charge in [0, 0.05) is 6.54 Å². The van der Waals surface area contributed by atoms with E-state index in [4.69, 9.17) is 5.26 Å². The summed E-state index contributed by atoms with van der Waals surface area (Å²) in [4.78, 5) is 4.81. The summed E-state index contributed by atoms with van der Waals surface area (Å²) in [7, 11) is 0. The number of aromatic nitrogens is 1. The summed E-state index contributed by atoms with van der Waals surface area (Å²) in [5, 5.41) is 12.8. The number of rotatable bonds is 5. The zero-order valence-electron chi connectivity index (χ0n) is 10.4. The number of anilines is 1. The van der Waals surface area contributed by atoms with E-state index < -0.39 is 0 Å². The van der Waals surface area contributed by atoms with Gasteiger partial charge in [-0.2, -0.15) is 5.26 Å². The van der Waals surface area contributed by atoms with Crippen LogP contribution in [0.15, 0.2) is 6.20 Å². The molecule has 0 saturated heterocycles. The average molecular weight is 237 g/mol. The SMILES string of the molecule is CC(C)CC(C)(C)CNc1ncc(C#N)s1. The first-order valence-electron chi connectivity index (χ1n) is 5.53. The lowest BCUT2D eigenvalue weighted by Crippen LogP contribution is -2.24. The normalized spacial score (nSPS) is 11.5. The fourth-order valence-electron chi connectivity index (χ4n) is 1.90. The molecule has 88 valence electrons. The minimum absolute atomic E-state index is 0.257. The molecule has 1 heterocycles. The number of thiazole rings is 1. The number of hydrogen-bond donors (Lipinski definition) is 1. The van der Waals surface area contributed by atoms with Crippen molar-refractivity contribution in [2.75, 3.05) is 11.9 Å². The van der Waals surface area contributed by atoms with E-state index in [9.17, 15) is 0 Å². The Labute approximate surface area is 102 Å². The second kappa shape index (κ2) is 5.31. The molecule has 0 spiro atoms. The van der Waals surface area contributed by atoms with Crippen molar-refractivity contribution in [2.24, 2.45) is 11.3 Å². The second-order valence-corrected chi connectivity index (χ2v) is 6.29. The van der Waals surface area contributed by atoms with Gasteiger partial charge in [0.2, 0.25) is 0 Å². The smallest absolute Gasteiger partial charge is 0.183 e. The molecule has 0 aliphatic rings. The summed E-state index contributed by atoms with van der Waals surface area (Å²) in [5.74, 6) is 0.697. The topological polar surface area (TPSA) is 48.7 Å². The minimum atomic E-state index is 0.257. The molecular weight excluding hydrogens is 218 g/mol. The van der Waals surface area contributed by atoms with Crippen LogP contribution in [0.2, 0.25) is 0 Å². The van der Waals surface area contributed by atoms with Crippen molar-refractivity contribution in [1.29, 1.82) is 5.26 Å². The number of hydrogen-bond acceptors (Lipinski definition) is 4. The van der Waals surface area contributed by atoms with Crippen LogP contribution in [0.5, 0.6) is 0 Å². The third-order valence-corrected chi connectivity index (χ3v) is 3.15. The van der Waals surface area contributed by atoms with Crippen LogP contribution in [-0.2, 0) is 0 Å². The highest BCUT2D eigenvalue weighted by atomic mass is 32.1. The van der Waals surface area contributed by atoms with Crippen LogP contribution in [0.4, 0.5) is 5.13 Å². The lowest BCUT2D eigenvalue weighted by molar-refractivity contribution is 0.306. The van der Waals surface area contributed by atoms with E-state index in [1.165, 1.54) is 17.8 Å². The first kappa shape index (κ1) is 13.0. The second-order valence-electron chi connectivity index (χ2n) is 5.26. The molecule has 3 nitrogen and oxygen atoms in total. The molecule has 1 aromatic heterocycles. The van der Waals surface area contributed by atoms with Gasteiger partial charge in [0.05, 0.1) is 6.20 Å². The lowest BCUT2D eigenvalue weighted by atomic mass is 9.84. The van der Waals surface area contributed by atoms with Crippen LogP contribution in [0.25, 0.3) is 0 Å². The highest BCUT2D eigenvalue weighted by Gasteiger charge is 2.19. The van der Waals surface area contributed by atoms with E-state index >= 15 is 0 Å². The molecule has 16 heavy (non-hydrogen) atoms. The number of nitriles is 1. The van der Waals surface area contributed by atoms with Gasteiger partial charge in [0.15, 0.2) is 5.13 Å². The Morgan fingerprint density at radius 1 is 1.56 bits per heavy atom. The Balaban J connectivity index is 2.48. The van der Waals surface area contributed by atoms with Crippen molar-refractivity contribution in [2.45, 2.75) is 34.1 Å². The van der Waals surface area contributed by atoms with Crippen molar-refractivity contribution in [3.05, 3.63) is 11.1 Å². The molecule has 4 heteroatoms. The highest BCUT2D eigenvalue weighted by Crippen LogP contribution is 2.26. The van der Waals surface area contributed by atoms with Crippen molar-refractivity contribution in [3.8, 4) is 6.07 Å². The maximum atomic E-state index is 8.69. The lowest BCUT2D eigenvalue weighted by Gasteiger charge is -2.26. The highest BCUT2D eigenvalue weighted by molar-refractivity contribution is 7.16. The minimum Gasteiger partial charge on any atom is -0.361 e. The predicted molar refractivity (Wildman–Crippen MR) is 68.6 cm³/mol. The van der Waals surface area contributed by atoms with Gasteiger partial charge in [-0.05, 0) is 17.8 Å². The van der Waals surface area contributed by atoms with Crippen molar-refractivity contribution >= 4 is 16.5 Å². The van der Waals surface area contributed by atoms with Gasteiger partial charge in [-0.3, -0.25) is 0 Å². The van der Waals surface area contributed by atoms with Gasteiger partial charge in [-0.1, -0.05) is 39.0 Å². The van der Waals surface area contributed by atoms with E-state index in [0.717, 1.165) is 11.7 Å². The van der Waals surface area contributed by atoms with E-state index in [-0.39, 0.29) is 5.41 Å². The van der Waals surface area contributed by atoms with Gasteiger partial charge in [-0.15, -0.1) is 0 Å². The van der Waals surface area contributed by atoms with Crippen LogP contribution in [0.3, 0.4) is 0 Å². The van der Waals surface area contributed by atoms with E-state index in [1.54, 1.807) is 6.20 Å². The molecule has 1 rings (SSSR count). The first-order chi connectivity index (χ1) is 7.43. The maximum absolute atomic E-state index is 8.69. The van der Waals surface area contributed by atoms with E-state index in [2.05, 4.69) is 44.1 Å². The summed E-state index contributed by atoms with van der Waals surface area (Å²) in [6, 6.07) is 2.09. The fraction of sp³-hybridized carbons (Fsp3) is 0.667. The third-order valence-electron chi connectivity index (χ3n) is 2.29. The van der Waals surface area contributed by atoms with E-state index in [0.29, 0.717) is 10.8 Å². The Morgan fingerprint density at radius 3 is 2.75 bits per heavy atom. The van der Waals surface area contributed by atoms with Gasteiger partial charge < -0.3 is 5.32 Å². The zero-order valence-corrected chi connectivity index (χ0v) is 11.2. The third kappa shape index (κ3) is 4.19. The molecule has 0 bridgehead atoms. The molecule has 0 radical (unpaired) electrons. The fourth-order valence-corrected chi connectivity index (χ4v) is 2.51. The van der Waals surface area contributed by atoms with Crippen LogP contribution >= 0.6 is 11.3 Å². The molecule has 0 aliphatic carbocycles. The van der Waals surface area contributed by atoms with Crippen LogP contribution in [0, 0.1) is 22.7 Å². The van der Waals surface area contributed by atoms with Crippen molar-refractivity contribution < 1.29 is 0 Å². The molecule has 0 unspecified atom stereocenters. The van der Waals surface area contributed by atoms with Crippen LogP contribution in [0.1, 0.15) is 39.0 Å².